The van der Waals surface area contributed by atoms with Crippen LogP contribution < -0.4 is 0 Å². The summed E-state index contributed by atoms with van der Waals surface area (Å²) in [5, 5.41) is 9.88. The molecule has 188 valence electrons. The number of allylic oxidation sites excluding steroid dienone is 4. The van der Waals surface area contributed by atoms with Gasteiger partial charge in [-0.1, -0.05) is 112 Å². The van der Waals surface area contributed by atoms with E-state index in [0.717, 1.165) is 23.1 Å². The van der Waals surface area contributed by atoms with Crippen LogP contribution in [0.3, 0.4) is 0 Å². The molecule has 0 aliphatic carbocycles. The summed E-state index contributed by atoms with van der Waals surface area (Å²) in [6.07, 6.45) is 11.5. The van der Waals surface area contributed by atoms with Gasteiger partial charge in [0.2, 0.25) is 0 Å². The van der Waals surface area contributed by atoms with Gasteiger partial charge in [-0.25, -0.2) is 0 Å². The molecule has 0 spiro atoms. The first-order valence-electron chi connectivity index (χ1n) is 13.0. The average molecular weight is 481 g/mol. The zero-order valence-electron chi connectivity index (χ0n) is 23.0. The Kier molecular flexibility index (Phi) is 11.5. The lowest BCUT2D eigenvalue weighted by atomic mass is 10.0. The predicted octanol–water partition coefficient (Wildman–Crippen LogP) is 9.10. The number of para-hydroxylation sites is 1. The van der Waals surface area contributed by atoms with Crippen molar-refractivity contribution in [1.29, 1.82) is 0 Å². The Bertz CT molecular complexity index is 1300. The summed E-state index contributed by atoms with van der Waals surface area (Å²) in [7, 11) is 2.08. The van der Waals surface area contributed by atoms with Gasteiger partial charge in [-0.2, -0.15) is 0 Å². The maximum absolute atomic E-state index is 8.61. The quantitative estimate of drug-likeness (QED) is 0.149. The Balaban J connectivity index is 0.00000109. The molecule has 3 aromatic carbocycles. The van der Waals surface area contributed by atoms with E-state index in [1.54, 1.807) is 0 Å². The minimum atomic E-state index is 0.523. The van der Waals surface area contributed by atoms with E-state index in [1.807, 2.05) is 45.9 Å². The number of hydrogen-bond donors (Lipinski definition) is 0. The smallest absolute Gasteiger partial charge is 0.261 e. The van der Waals surface area contributed by atoms with Crippen LogP contribution in [0.25, 0.3) is 28.3 Å². The molecule has 2 N–H and O–H groups in total. The van der Waals surface area contributed by atoms with Crippen molar-refractivity contribution in [3.05, 3.63) is 125 Å². The second-order valence-corrected chi connectivity index (χ2v) is 8.30. The van der Waals surface area contributed by atoms with Crippen molar-refractivity contribution in [1.82, 2.24) is 4.57 Å². The molecule has 0 atom stereocenters. The normalized spacial score (nSPS) is 11.6. The van der Waals surface area contributed by atoms with E-state index in [9.17, 15) is 0 Å². The molecule has 0 aliphatic heterocycles. The molecule has 1 aromatic heterocycles. The van der Waals surface area contributed by atoms with Gasteiger partial charge in [0.1, 0.15) is 0 Å². The zero-order chi connectivity index (χ0) is 26.5. The third-order valence-corrected chi connectivity index (χ3v) is 5.75. The molecule has 0 saturated heterocycles. The highest BCUT2D eigenvalue weighted by atomic mass is 16.3. The molecule has 0 saturated carbocycles. The van der Waals surface area contributed by atoms with E-state index in [-0.39, 0.29) is 0 Å². The van der Waals surface area contributed by atoms with Crippen LogP contribution in [0, 0.1) is 13.8 Å². The van der Waals surface area contributed by atoms with Crippen molar-refractivity contribution in [2.45, 2.75) is 48.0 Å². The maximum atomic E-state index is 8.61. The van der Waals surface area contributed by atoms with E-state index in [4.69, 9.17) is 5.11 Å². The molecule has 1 heterocycles. The van der Waals surface area contributed by atoms with E-state index in [2.05, 4.69) is 111 Å². The molecule has 4 aromatic rings. The molecule has 2 heteroatoms. The van der Waals surface area contributed by atoms with Crippen LogP contribution in [0.15, 0.2) is 97.2 Å². The summed E-state index contributed by atoms with van der Waals surface area (Å²) in [5.74, 6) is 0.523. The van der Waals surface area contributed by atoms with Crippen LogP contribution in [0.2, 0.25) is 0 Å². The van der Waals surface area contributed by atoms with Gasteiger partial charge in [0.05, 0.1) is 5.56 Å². The summed E-state index contributed by atoms with van der Waals surface area (Å²) in [6, 6.07) is 25.1. The van der Waals surface area contributed by atoms with Crippen LogP contribution in [0.4, 0.5) is 0 Å². The van der Waals surface area contributed by atoms with Crippen molar-refractivity contribution < 1.29 is 5.11 Å². The van der Waals surface area contributed by atoms with Gasteiger partial charge >= 0.3 is 0 Å². The molecule has 0 radical (unpaired) electrons. The van der Waals surface area contributed by atoms with Gasteiger partial charge in [-0.3, -0.25) is 0 Å². The van der Waals surface area contributed by atoms with E-state index >= 15 is 0 Å². The fourth-order valence-electron chi connectivity index (χ4n) is 3.87. The molecular formula is C34H42NO+. The van der Waals surface area contributed by atoms with Crippen molar-refractivity contribution in [2.24, 2.45) is 7.05 Å². The first-order valence-corrected chi connectivity index (χ1v) is 13.0. The number of aryl methyl sites for hydroxylation is 3. The monoisotopic (exact) mass is 480 g/mol. The average Bonchev–Trinajstić information content (AvgIpc) is 3.24. The van der Waals surface area contributed by atoms with E-state index in [1.165, 1.54) is 27.6 Å². The van der Waals surface area contributed by atoms with Gasteiger partial charge < -0.3 is 9.67 Å². The second-order valence-electron chi connectivity index (χ2n) is 8.30. The third-order valence-electron chi connectivity index (χ3n) is 5.75. The van der Waals surface area contributed by atoms with E-state index in [0.29, 0.717) is 5.76 Å². The van der Waals surface area contributed by atoms with Crippen LogP contribution in [0.5, 0.6) is 0 Å². The minimum Gasteiger partial charge on any atom is -0.593 e. The number of fused-ring (bicyclic) bond motifs is 1. The third kappa shape index (κ3) is 7.61. The van der Waals surface area contributed by atoms with Crippen LogP contribution in [-0.4, -0.2) is 9.67 Å². The first-order chi connectivity index (χ1) is 17.5. The van der Waals surface area contributed by atoms with E-state index < -0.39 is 0 Å². The van der Waals surface area contributed by atoms with Crippen molar-refractivity contribution in [3.8, 4) is 0 Å². The number of nitrogens with zero attached hydrogens (tertiary/aromatic N) is 1. The summed E-state index contributed by atoms with van der Waals surface area (Å²) in [5.41, 5.74) is 8.03. The Morgan fingerprint density at radius 2 is 1.33 bits per heavy atom. The molecule has 0 fully saturated rings. The summed E-state index contributed by atoms with van der Waals surface area (Å²) < 4.78 is 2.17. The summed E-state index contributed by atoms with van der Waals surface area (Å²) in [4.78, 5) is 0. The molecule has 36 heavy (non-hydrogen) atoms. The molecule has 4 rings (SSSR count). The number of aromatic nitrogens is 1. The molecule has 2 nitrogen and oxygen atoms in total. The largest absolute Gasteiger partial charge is 0.593 e. The van der Waals surface area contributed by atoms with Gasteiger partial charge in [-0.15, -0.1) is 0 Å². The topological polar surface area (TPSA) is 27.8 Å². The summed E-state index contributed by atoms with van der Waals surface area (Å²) >= 11 is 0. The zero-order valence-corrected chi connectivity index (χ0v) is 23.0. The standard InChI is InChI=1S/C30H29NO.2C2H6/c1-22-12-16-24(17-13-22)26(20-30(32)25-18-14-23(2)15-19-25)8-4-5-9-27-21-31(3)29-11-7-6-10-28(27)29;2*1-2/h5-21,32H,4H2,1-3H3;2*1-2H3/p+1/b9-5+,26-8+,30-20-;;. The summed E-state index contributed by atoms with van der Waals surface area (Å²) in [6.45, 7) is 12.2. The van der Waals surface area contributed by atoms with Crippen molar-refractivity contribution in [3.63, 3.8) is 0 Å². The lowest BCUT2D eigenvalue weighted by molar-refractivity contribution is 0.512. The molecule has 0 amide bonds. The number of hydrogen-bond acceptors (Lipinski definition) is 0. The maximum Gasteiger partial charge on any atom is 0.261 e. The van der Waals surface area contributed by atoms with Gasteiger partial charge in [0.25, 0.3) is 5.76 Å². The highest BCUT2D eigenvalue weighted by Gasteiger charge is 2.07. The Morgan fingerprint density at radius 1 is 0.778 bits per heavy atom. The number of rotatable bonds is 6. The first kappa shape index (κ1) is 28.5. The Labute approximate surface area is 217 Å². The lowest BCUT2D eigenvalue weighted by Gasteiger charge is -2.05. The molecular weight excluding hydrogens is 438 g/mol. The van der Waals surface area contributed by atoms with Crippen LogP contribution in [-0.2, 0) is 7.05 Å². The Morgan fingerprint density at radius 3 is 1.94 bits per heavy atom. The molecule has 0 bridgehead atoms. The van der Waals surface area contributed by atoms with Crippen LogP contribution >= 0.6 is 0 Å². The van der Waals surface area contributed by atoms with Crippen molar-refractivity contribution >= 4 is 28.3 Å². The molecule has 0 unspecified atom stereocenters. The number of benzene rings is 3. The van der Waals surface area contributed by atoms with Gasteiger partial charge in [0.15, 0.2) is 0 Å². The fourth-order valence-corrected chi connectivity index (χ4v) is 3.87. The van der Waals surface area contributed by atoms with Gasteiger partial charge in [-0.05, 0) is 55.2 Å². The SMILES string of the molecule is CC.CC.Cc1ccc(/C([OH2+])=C/C(=C\C/C=C/c2cn(C)c3ccccc23)c2ccc(C)cc2)cc1. The fraction of sp³-hybridized carbons (Fsp3) is 0.235. The minimum absolute atomic E-state index is 0.523. The predicted molar refractivity (Wildman–Crippen MR) is 161 cm³/mol. The highest BCUT2D eigenvalue weighted by molar-refractivity contribution is 5.89. The highest BCUT2D eigenvalue weighted by Crippen LogP contribution is 2.24. The van der Waals surface area contributed by atoms with Gasteiger partial charge in [0, 0.05) is 30.2 Å². The lowest BCUT2D eigenvalue weighted by Crippen LogP contribution is -1.87. The van der Waals surface area contributed by atoms with Crippen molar-refractivity contribution in [2.75, 3.05) is 0 Å². The van der Waals surface area contributed by atoms with Crippen LogP contribution in [0.1, 0.15) is 61.9 Å². The second kappa shape index (κ2) is 14.6. The Hall–Kier alpha value is -3.78. The molecule has 0 aliphatic rings.